The molecule has 0 radical (unpaired) electrons. The van der Waals surface area contributed by atoms with E-state index >= 15 is 0 Å². The Labute approximate surface area is 611 Å². The van der Waals surface area contributed by atoms with Crippen molar-refractivity contribution in [1.29, 1.82) is 0 Å². The highest BCUT2D eigenvalue weighted by Crippen LogP contribution is 2.34. The molecule has 12 aromatic rings. The van der Waals surface area contributed by atoms with Crippen molar-refractivity contribution in [3.63, 3.8) is 0 Å². The lowest BCUT2D eigenvalue weighted by Crippen LogP contribution is -2.50. The number of anilines is 9. The van der Waals surface area contributed by atoms with E-state index in [1.807, 2.05) is 77.8 Å². The number of nitrogens with one attached hydrogen (secondary N) is 4. The highest BCUT2D eigenvalue weighted by atomic mass is 16.5. The van der Waals surface area contributed by atoms with Crippen LogP contribution in [0.15, 0.2) is 206 Å². The van der Waals surface area contributed by atoms with Crippen molar-refractivity contribution in [3.05, 3.63) is 212 Å². The summed E-state index contributed by atoms with van der Waals surface area (Å²) in [5.41, 5.74) is 18.2. The number of fused-ring (bicyclic) bond motifs is 3. The molecule has 3 fully saturated rings. The van der Waals surface area contributed by atoms with E-state index in [2.05, 4.69) is 223 Å². The zero-order valence-electron chi connectivity index (χ0n) is 61.5. The molecule has 21 nitrogen and oxygen atoms in total. The molecule has 3 saturated heterocycles. The van der Waals surface area contributed by atoms with Crippen LogP contribution in [0.25, 0.3) is 50.7 Å². The predicted molar refractivity (Wildman–Crippen MR) is 425 cm³/mol. The number of benzene rings is 3. The molecule has 0 unspecified atom stereocenters. The first kappa shape index (κ1) is 71.6. The van der Waals surface area contributed by atoms with Gasteiger partial charge in [0.1, 0.15) is 0 Å². The monoisotopic (exact) mass is 1400 g/mol. The Morgan fingerprint density at radius 2 is 0.769 bits per heavy atom. The number of piperazine rings is 3. The molecule has 104 heavy (non-hydrogen) atoms. The van der Waals surface area contributed by atoms with E-state index in [-0.39, 0.29) is 5.56 Å². The maximum atomic E-state index is 11.8. The quantitative estimate of drug-likeness (QED) is 0.0474. The predicted octanol–water partition coefficient (Wildman–Crippen LogP) is 15.5. The van der Waals surface area contributed by atoms with Gasteiger partial charge in [0.15, 0.2) is 16.9 Å². The second kappa shape index (κ2) is 34.0. The number of ether oxygens (including phenoxy) is 2. The van der Waals surface area contributed by atoms with Crippen LogP contribution in [0.4, 0.5) is 51.2 Å². The lowest BCUT2D eigenvalue weighted by atomic mass is 10.1. The van der Waals surface area contributed by atoms with Crippen LogP contribution in [-0.2, 0) is 0 Å². The Morgan fingerprint density at radius 3 is 1.11 bits per heavy atom. The minimum Gasteiger partial charge on any atom is -0.481 e. The topological polar surface area (TPSA) is 185 Å². The number of imidazole rings is 3. The number of hydrogen-bond donors (Lipinski definition) is 4. The Balaban J connectivity index is 0.000000139. The minimum atomic E-state index is -0.120. The average molecular weight is 1400 g/mol. The molecule has 0 atom stereocenters. The number of H-pyrrole nitrogens is 1. The first-order valence-corrected chi connectivity index (χ1v) is 37.1. The van der Waals surface area contributed by atoms with E-state index in [0.717, 1.165) is 175 Å². The number of pyridine rings is 6. The first-order chi connectivity index (χ1) is 51.0. The molecule has 0 saturated carbocycles. The summed E-state index contributed by atoms with van der Waals surface area (Å²) in [6.07, 6.45) is 22.7. The van der Waals surface area contributed by atoms with Crippen LogP contribution >= 0.6 is 0 Å². The van der Waals surface area contributed by atoms with Crippen LogP contribution in [0.1, 0.15) is 73.6 Å². The third-order valence-corrected chi connectivity index (χ3v) is 20.7. The van der Waals surface area contributed by atoms with Crippen LogP contribution in [0, 0.1) is 5.92 Å². The standard InChI is InChI=1S/2C28H34N6O.C27H32N6O/c1-21(2)11-14-32-16-18-33(19-17-32)24-6-4-23(5-7-24)31-25-8-9-26(34-15-13-30-28(25)34)22-10-12-29-27(20-22)35-3;1-4-23(5-2)32-16-18-33(19-17-32)24-8-6-22(7-9-24)31-25-10-11-26(34-15-14-30-28(25)34)21-12-13-29-27(20-21)35-3;1-3-22(4-2)31-15-17-32(18-16-31)23-7-5-21(6-8-23)30-24-9-10-25(33-14-13-29-27(24)33)20-11-12-28-26(34)19-20/h4-10,12-13,15,20-21,31H,11,14,16-19H2,1-3H3;6-15,20,23,31H,4-5,16-19H2,1-3H3;5-14,19,22,30H,3-4,15-18H2,1-2H3,(H,28,34). The van der Waals surface area contributed by atoms with E-state index in [1.54, 1.807) is 45.1 Å². The van der Waals surface area contributed by atoms with Gasteiger partial charge in [0.05, 0.1) is 48.4 Å². The van der Waals surface area contributed by atoms with Crippen LogP contribution < -0.4 is 45.7 Å². The summed E-state index contributed by atoms with van der Waals surface area (Å²) in [6, 6.07) is 51.3. The maximum absolute atomic E-state index is 11.8. The summed E-state index contributed by atoms with van der Waals surface area (Å²) < 4.78 is 16.8. The van der Waals surface area contributed by atoms with E-state index in [0.29, 0.717) is 17.8 Å². The summed E-state index contributed by atoms with van der Waals surface area (Å²) >= 11 is 0. The number of nitrogens with zero attached hydrogens (tertiary/aromatic N) is 14. The molecular formula is C83H100N18O3. The fourth-order valence-corrected chi connectivity index (χ4v) is 14.7. The Hall–Kier alpha value is -10.7. The van der Waals surface area contributed by atoms with E-state index in [4.69, 9.17) is 9.47 Å². The zero-order chi connectivity index (χ0) is 71.9. The van der Waals surface area contributed by atoms with Crippen molar-refractivity contribution in [1.82, 2.24) is 57.8 Å². The van der Waals surface area contributed by atoms with Gasteiger partial charge in [-0.25, -0.2) is 24.9 Å². The molecule has 0 bridgehead atoms. The molecule has 0 aliphatic carbocycles. The fourth-order valence-electron chi connectivity index (χ4n) is 14.7. The summed E-state index contributed by atoms with van der Waals surface area (Å²) in [7, 11) is 3.26. The summed E-state index contributed by atoms with van der Waals surface area (Å²) in [4.78, 5) is 52.0. The smallest absolute Gasteiger partial charge is 0.248 e. The number of methoxy groups -OCH3 is 2. The molecule has 540 valence electrons. The van der Waals surface area contributed by atoms with Gasteiger partial charge in [-0.15, -0.1) is 0 Å². The lowest BCUT2D eigenvalue weighted by molar-refractivity contribution is 0.175. The van der Waals surface area contributed by atoms with Crippen molar-refractivity contribution < 1.29 is 9.47 Å². The number of aromatic nitrogens is 9. The third-order valence-electron chi connectivity index (χ3n) is 20.7. The molecule has 0 amide bonds. The van der Waals surface area contributed by atoms with Gasteiger partial charge in [0, 0.05) is 215 Å². The molecule has 15 rings (SSSR count). The zero-order valence-corrected chi connectivity index (χ0v) is 61.5. The molecule has 3 aliphatic rings. The largest absolute Gasteiger partial charge is 0.481 e. The normalized spacial score (nSPS) is 14.6. The lowest BCUT2D eigenvalue weighted by Gasteiger charge is -2.39. The number of rotatable bonds is 23. The number of hydrogen-bond acceptors (Lipinski definition) is 17. The van der Waals surface area contributed by atoms with Gasteiger partial charge < -0.3 is 45.1 Å². The highest BCUT2D eigenvalue weighted by Gasteiger charge is 2.25. The Bertz CT molecular complexity index is 4770. The summed E-state index contributed by atoms with van der Waals surface area (Å²) in [5, 5.41) is 10.6. The van der Waals surface area contributed by atoms with Crippen LogP contribution in [-0.4, -0.2) is 169 Å². The molecule has 21 heteroatoms. The summed E-state index contributed by atoms with van der Waals surface area (Å²) in [5.74, 6) is 1.96. The van der Waals surface area contributed by atoms with Gasteiger partial charge in [-0.2, -0.15) is 0 Å². The van der Waals surface area contributed by atoms with E-state index < -0.39 is 0 Å². The minimum absolute atomic E-state index is 0.120. The average Bonchev–Trinajstić information content (AvgIpc) is 1.44. The number of aromatic amines is 1. The van der Waals surface area contributed by atoms with Crippen LogP contribution in [0.3, 0.4) is 0 Å². The molecule has 3 aromatic carbocycles. The summed E-state index contributed by atoms with van der Waals surface area (Å²) in [6.45, 7) is 28.3. The second-order valence-corrected chi connectivity index (χ2v) is 27.4. The van der Waals surface area contributed by atoms with Crippen LogP contribution in [0.2, 0.25) is 0 Å². The Kier molecular flexibility index (Phi) is 23.4. The third kappa shape index (κ3) is 17.0. The molecule has 12 heterocycles. The molecule has 0 spiro atoms. The fraction of sp³-hybridized carbons (Fsp3) is 0.349. The van der Waals surface area contributed by atoms with E-state index in [1.165, 1.54) is 55.7 Å². The SMILES string of the molecule is CCC(CC)N1CCN(c2ccc(Nc3ccc(-c4cc[nH]c(=O)c4)n4ccnc34)cc2)CC1.CCC(CC)N1CCN(c2ccc(Nc3ccc(-c4ccnc(OC)c4)n4ccnc34)cc2)CC1.COc1cc(-c2ccc(Nc3ccc(N4CCN(CCC(C)C)CC4)cc3)c3nccn23)ccn1. The van der Waals surface area contributed by atoms with Gasteiger partial charge >= 0.3 is 0 Å². The molecular weight excluding hydrogens is 1300 g/mol. The van der Waals surface area contributed by atoms with Crippen LogP contribution in [0.5, 0.6) is 11.8 Å². The van der Waals surface area contributed by atoms with Gasteiger partial charge in [-0.05, 0) is 172 Å². The van der Waals surface area contributed by atoms with Crippen molar-refractivity contribution in [2.75, 3.05) is 130 Å². The molecule has 4 N–H and O–H groups in total. The molecule has 3 aliphatic heterocycles. The first-order valence-electron chi connectivity index (χ1n) is 37.1. The van der Waals surface area contributed by atoms with Crippen molar-refractivity contribution in [3.8, 4) is 45.5 Å². The van der Waals surface area contributed by atoms with Crippen molar-refractivity contribution in [2.45, 2.75) is 85.7 Å². The maximum Gasteiger partial charge on any atom is 0.248 e. The highest BCUT2D eigenvalue weighted by molar-refractivity contribution is 5.81. The van der Waals surface area contributed by atoms with E-state index in [9.17, 15) is 4.79 Å². The Morgan fingerprint density at radius 1 is 0.413 bits per heavy atom. The van der Waals surface area contributed by atoms with Gasteiger partial charge in [0.25, 0.3) is 0 Å². The van der Waals surface area contributed by atoms with Gasteiger partial charge in [-0.1, -0.05) is 41.5 Å². The van der Waals surface area contributed by atoms with Gasteiger partial charge in [0.2, 0.25) is 17.3 Å². The van der Waals surface area contributed by atoms with Crippen molar-refractivity contribution in [2.24, 2.45) is 5.92 Å². The van der Waals surface area contributed by atoms with Crippen molar-refractivity contribution >= 4 is 68.1 Å². The van der Waals surface area contributed by atoms with Gasteiger partial charge in [-0.3, -0.25) is 32.7 Å². The second-order valence-electron chi connectivity index (χ2n) is 27.4. The molecule has 9 aromatic heterocycles.